The molecular weight excluding hydrogens is 406 g/mol. The molecule has 0 radical (unpaired) electrons. The van der Waals surface area contributed by atoms with Gasteiger partial charge in [0.2, 0.25) is 20.0 Å². The molecule has 1 saturated carbocycles. The van der Waals surface area contributed by atoms with E-state index >= 15 is 0 Å². The number of nitrogens with zero attached hydrogens (tertiary/aromatic N) is 1. The molecule has 9 nitrogen and oxygen atoms in total. The molecule has 3 rings (SSSR count). The first-order valence-electron chi connectivity index (χ1n) is 9.21. The van der Waals surface area contributed by atoms with E-state index in [2.05, 4.69) is 10.0 Å². The molecule has 0 aromatic heterocycles. The highest BCUT2D eigenvalue weighted by molar-refractivity contribution is 7.89. The Morgan fingerprint density at radius 3 is 2.54 bits per heavy atom. The summed E-state index contributed by atoms with van der Waals surface area (Å²) in [5.74, 6) is -0.342. The highest BCUT2D eigenvalue weighted by Crippen LogP contribution is 2.28. The molecule has 1 aromatic rings. The topological polar surface area (TPSA) is 122 Å². The standard InChI is InChI=1S/C17H25N3O6S2/c21-17(18-6-11-27(22,23)20-7-9-26-10-8-20)15-2-1-3-16(12-15)28(24,25)19-13-14-4-5-14/h1-3,12,14,19H,4-11,13H2,(H,18,21). The molecule has 1 aliphatic carbocycles. The Hall–Kier alpha value is -1.53. The minimum atomic E-state index is -3.67. The molecule has 0 unspecified atom stereocenters. The molecule has 0 bridgehead atoms. The van der Waals surface area contributed by atoms with Crippen molar-refractivity contribution in [3.8, 4) is 0 Å². The first-order chi connectivity index (χ1) is 13.3. The van der Waals surface area contributed by atoms with Gasteiger partial charge in [0.05, 0.1) is 23.9 Å². The second-order valence-corrected chi connectivity index (χ2v) is 10.8. The van der Waals surface area contributed by atoms with Gasteiger partial charge < -0.3 is 10.1 Å². The van der Waals surface area contributed by atoms with Gasteiger partial charge in [0.15, 0.2) is 0 Å². The lowest BCUT2D eigenvalue weighted by Gasteiger charge is -2.26. The normalized spacial score (nSPS) is 18.7. The lowest BCUT2D eigenvalue weighted by atomic mass is 10.2. The van der Waals surface area contributed by atoms with E-state index in [9.17, 15) is 21.6 Å². The Morgan fingerprint density at radius 2 is 1.86 bits per heavy atom. The highest BCUT2D eigenvalue weighted by atomic mass is 32.2. The van der Waals surface area contributed by atoms with Crippen molar-refractivity contribution in [3.63, 3.8) is 0 Å². The minimum absolute atomic E-state index is 0.0155. The molecule has 2 fully saturated rings. The molecule has 0 atom stereocenters. The van der Waals surface area contributed by atoms with Crippen LogP contribution in [0.1, 0.15) is 23.2 Å². The Kier molecular flexibility index (Phi) is 6.71. The van der Waals surface area contributed by atoms with E-state index in [1.807, 2.05) is 0 Å². The van der Waals surface area contributed by atoms with Gasteiger partial charge >= 0.3 is 0 Å². The molecule has 1 aromatic carbocycles. The molecule has 2 aliphatic rings. The van der Waals surface area contributed by atoms with Crippen LogP contribution >= 0.6 is 0 Å². The fourth-order valence-corrected chi connectivity index (χ4v) is 5.27. The average Bonchev–Trinajstić information content (AvgIpc) is 3.52. The number of sulfonamides is 2. The average molecular weight is 432 g/mol. The Bertz CT molecular complexity index is 907. The largest absolute Gasteiger partial charge is 0.379 e. The smallest absolute Gasteiger partial charge is 0.251 e. The fourth-order valence-electron chi connectivity index (χ4n) is 2.79. The van der Waals surface area contributed by atoms with Gasteiger partial charge in [-0.3, -0.25) is 4.79 Å². The molecule has 1 heterocycles. The van der Waals surface area contributed by atoms with Gasteiger partial charge in [-0.15, -0.1) is 0 Å². The summed E-state index contributed by atoms with van der Waals surface area (Å²) in [6.45, 7) is 1.69. The van der Waals surface area contributed by atoms with Crippen LogP contribution in [-0.2, 0) is 24.8 Å². The zero-order chi connectivity index (χ0) is 20.2. The number of amides is 1. The molecule has 156 valence electrons. The number of morpholine rings is 1. The van der Waals surface area contributed by atoms with Crippen molar-refractivity contribution in [2.75, 3.05) is 45.1 Å². The third-order valence-electron chi connectivity index (χ3n) is 4.67. The van der Waals surface area contributed by atoms with E-state index in [0.717, 1.165) is 12.8 Å². The van der Waals surface area contributed by atoms with Crippen LogP contribution in [0.4, 0.5) is 0 Å². The monoisotopic (exact) mass is 431 g/mol. The van der Waals surface area contributed by atoms with Crippen molar-refractivity contribution >= 4 is 26.0 Å². The number of carbonyl (C=O) groups is 1. The van der Waals surface area contributed by atoms with Crippen molar-refractivity contribution in [3.05, 3.63) is 29.8 Å². The third-order valence-corrected chi connectivity index (χ3v) is 7.97. The van der Waals surface area contributed by atoms with Crippen LogP contribution in [-0.4, -0.2) is 72.2 Å². The number of hydrogen-bond donors (Lipinski definition) is 2. The van der Waals surface area contributed by atoms with Gasteiger partial charge in [-0.05, 0) is 37.0 Å². The predicted octanol–water partition coefficient (Wildman–Crippen LogP) is -0.233. The van der Waals surface area contributed by atoms with Crippen LogP contribution in [0.15, 0.2) is 29.2 Å². The van der Waals surface area contributed by atoms with Gasteiger partial charge in [-0.25, -0.2) is 21.6 Å². The SMILES string of the molecule is O=C(NCCS(=O)(=O)N1CCOCC1)c1cccc(S(=O)(=O)NCC2CC2)c1. The van der Waals surface area contributed by atoms with Crippen molar-refractivity contribution in [1.82, 2.24) is 14.3 Å². The molecule has 2 N–H and O–H groups in total. The fraction of sp³-hybridized carbons (Fsp3) is 0.588. The number of nitrogens with one attached hydrogen (secondary N) is 2. The van der Waals surface area contributed by atoms with Crippen LogP contribution in [0.3, 0.4) is 0 Å². The summed E-state index contributed by atoms with van der Waals surface area (Å²) < 4.78 is 58.2. The summed E-state index contributed by atoms with van der Waals surface area (Å²) in [4.78, 5) is 12.3. The molecule has 1 amide bonds. The Labute approximate surface area is 165 Å². The van der Waals surface area contributed by atoms with Crippen molar-refractivity contribution in [2.45, 2.75) is 17.7 Å². The van der Waals surface area contributed by atoms with Crippen LogP contribution in [0.5, 0.6) is 0 Å². The van der Waals surface area contributed by atoms with E-state index in [1.165, 1.54) is 28.6 Å². The van der Waals surface area contributed by atoms with E-state index in [0.29, 0.717) is 38.8 Å². The summed E-state index contributed by atoms with van der Waals surface area (Å²) in [6, 6.07) is 5.70. The van der Waals surface area contributed by atoms with Gasteiger partial charge in [0, 0.05) is 31.7 Å². The summed E-state index contributed by atoms with van der Waals surface area (Å²) >= 11 is 0. The molecule has 1 saturated heterocycles. The van der Waals surface area contributed by atoms with Crippen molar-refractivity contribution in [2.24, 2.45) is 5.92 Å². The number of benzene rings is 1. The van der Waals surface area contributed by atoms with Gasteiger partial charge in [0.1, 0.15) is 0 Å². The highest BCUT2D eigenvalue weighted by Gasteiger charge is 2.25. The Morgan fingerprint density at radius 1 is 1.14 bits per heavy atom. The van der Waals surface area contributed by atoms with Crippen LogP contribution in [0.25, 0.3) is 0 Å². The van der Waals surface area contributed by atoms with Crippen molar-refractivity contribution < 1.29 is 26.4 Å². The quantitative estimate of drug-likeness (QED) is 0.557. The molecule has 0 spiro atoms. The van der Waals surface area contributed by atoms with Gasteiger partial charge in [-0.1, -0.05) is 6.07 Å². The molecule has 11 heteroatoms. The lowest BCUT2D eigenvalue weighted by molar-refractivity contribution is 0.0730. The third kappa shape index (κ3) is 5.74. The van der Waals surface area contributed by atoms with E-state index in [-0.39, 0.29) is 22.8 Å². The summed E-state index contributed by atoms with van der Waals surface area (Å²) in [7, 11) is -7.14. The number of hydrogen-bond acceptors (Lipinski definition) is 6. The minimum Gasteiger partial charge on any atom is -0.379 e. The number of carbonyl (C=O) groups excluding carboxylic acids is 1. The van der Waals surface area contributed by atoms with E-state index in [1.54, 1.807) is 0 Å². The molecule has 1 aliphatic heterocycles. The molecule has 28 heavy (non-hydrogen) atoms. The van der Waals surface area contributed by atoms with Crippen LogP contribution < -0.4 is 10.0 Å². The first kappa shape index (κ1) is 21.2. The van der Waals surface area contributed by atoms with E-state index in [4.69, 9.17) is 4.74 Å². The van der Waals surface area contributed by atoms with Crippen molar-refractivity contribution in [1.29, 1.82) is 0 Å². The summed E-state index contributed by atoms with van der Waals surface area (Å²) in [5.41, 5.74) is 0.165. The zero-order valence-corrected chi connectivity index (χ0v) is 17.1. The first-order valence-corrected chi connectivity index (χ1v) is 12.3. The number of rotatable bonds is 9. The zero-order valence-electron chi connectivity index (χ0n) is 15.5. The Balaban J connectivity index is 1.55. The summed E-state index contributed by atoms with van der Waals surface area (Å²) in [5, 5.41) is 2.54. The van der Waals surface area contributed by atoms with Gasteiger partial charge in [0.25, 0.3) is 5.91 Å². The summed E-state index contributed by atoms with van der Waals surface area (Å²) in [6.07, 6.45) is 2.05. The molecular formula is C17H25N3O6S2. The van der Waals surface area contributed by atoms with Crippen LogP contribution in [0, 0.1) is 5.92 Å². The van der Waals surface area contributed by atoms with E-state index < -0.39 is 26.0 Å². The second-order valence-electron chi connectivity index (χ2n) is 6.91. The van der Waals surface area contributed by atoms with Crippen LogP contribution in [0.2, 0.25) is 0 Å². The lowest BCUT2D eigenvalue weighted by Crippen LogP contribution is -2.43. The number of ether oxygens (including phenoxy) is 1. The second kappa shape index (κ2) is 8.87. The maximum absolute atomic E-state index is 12.3. The predicted molar refractivity (Wildman–Crippen MR) is 103 cm³/mol. The maximum atomic E-state index is 12.3. The van der Waals surface area contributed by atoms with Gasteiger partial charge in [-0.2, -0.15) is 4.31 Å². The maximum Gasteiger partial charge on any atom is 0.251 e.